The van der Waals surface area contributed by atoms with Crippen LogP contribution in [0.4, 0.5) is 0 Å². The van der Waals surface area contributed by atoms with Crippen LogP contribution >= 0.6 is 11.3 Å². The average molecular weight is 219 g/mol. The molecule has 0 radical (unpaired) electrons. The Morgan fingerprint density at radius 2 is 2.00 bits per heavy atom. The first-order chi connectivity index (χ1) is 7.24. The van der Waals surface area contributed by atoms with Crippen molar-refractivity contribution in [1.29, 1.82) is 5.26 Å². The molecule has 15 heavy (non-hydrogen) atoms. The molecule has 0 fully saturated rings. The molecule has 76 valence electrons. The van der Waals surface area contributed by atoms with Crippen molar-refractivity contribution in [2.45, 2.75) is 12.2 Å². The maximum Gasteiger partial charge on any atom is 0.170 e. The highest BCUT2D eigenvalue weighted by atomic mass is 32.1. The first kappa shape index (κ1) is 10.1. The van der Waals surface area contributed by atoms with E-state index in [2.05, 4.69) is 0 Å². The van der Waals surface area contributed by atoms with E-state index in [0.717, 1.165) is 10.1 Å². The van der Waals surface area contributed by atoms with Gasteiger partial charge in [-0.25, -0.2) is 0 Å². The van der Waals surface area contributed by atoms with E-state index in [0.29, 0.717) is 5.56 Å². The second kappa shape index (κ2) is 3.99. The van der Waals surface area contributed by atoms with Gasteiger partial charge in [-0.15, -0.1) is 11.3 Å². The van der Waals surface area contributed by atoms with Crippen LogP contribution in [-0.2, 0) is 0 Å². The number of aliphatic hydroxyl groups excluding tert-OH is 2. The SMILES string of the molecule is N#CC(O)C(O)c1csc2ccccc12. The Bertz CT molecular complexity index is 515. The van der Waals surface area contributed by atoms with Gasteiger partial charge in [0.25, 0.3) is 0 Å². The molecule has 1 aromatic heterocycles. The lowest BCUT2D eigenvalue weighted by molar-refractivity contribution is 0.0540. The zero-order valence-corrected chi connectivity index (χ0v) is 8.61. The number of thiophene rings is 1. The van der Waals surface area contributed by atoms with Crippen LogP contribution in [0.15, 0.2) is 29.6 Å². The minimum absolute atomic E-state index is 0.615. The highest BCUT2D eigenvalue weighted by Gasteiger charge is 2.20. The number of nitrogens with zero attached hydrogens (tertiary/aromatic N) is 1. The van der Waals surface area contributed by atoms with Crippen LogP contribution in [-0.4, -0.2) is 16.3 Å². The summed E-state index contributed by atoms with van der Waals surface area (Å²) in [7, 11) is 0. The molecule has 0 bridgehead atoms. The van der Waals surface area contributed by atoms with Crippen LogP contribution in [0.2, 0.25) is 0 Å². The molecule has 0 amide bonds. The van der Waals surface area contributed by atoms with Gasteiger partial charge in [-0.3, -0.25) is 0 Å². The summed E-state index contributed by atoms with van der Waals surface area (Å²) < 4.78 is 1.04. The molecule has 1 aromatic carbocycles. The van der Waals surface area contributed by atoms with E-state index < -0.39 is 12.2 Å². The van der Waals surface area contributed by atoms with E-state index in [4.69, 9.17) is 5.26 Å². The molecule has 3 nitrogen and oxygen atoms in total. The second-order valence-electron chi connectivity index (χ2n) is 3.21. The normalized spacial score (nSPS) is 14.7. The first-order valence-corrected chi connectivity index (χ1v) is 5.34. The lowest BCUT2D eigenvalue weighted by atomic mass is 10.0. The Labute approximate surface area is 90.8 Å². The Morgan fingerprint density at radius 1 is 1.27 bits per heavy atom. The fraction of sp³-hybridized carbons (Fsp3) is 0.182. The van der Waals surface area contributed by atoms with Gasteiger partial charge in [0, 0.05) is 10.3 Å². The summed E-state index contributed by atoms with van der Waals surface area (Å²) in [6, 6.07) is 9.21. The predicted octanol–water partition coefficient (Wildman–Crippen LogP) is 1.82. The summed E-state index contributed by atoms with van der Waals surface area (Å²) in [5.74, 6) is 0. The van der Waals surface area contributed by atoms with Gasteiger partial charge in [0.1, 0.15) is 6.10 Å². The van der Waals surface area contributed by atoms with Gasteiger partial charge < -0.3 is 10.2 Å². The zero-order valence-electron chi connectivity index (χ0n) is 7.79. The van der Waals surface area contributed by atoms with Gasteiger partial charge in [-0.2, -0.15) is 5.26 Å². The van der Waals surface area contributed by atoms with Crippen molar-refractivity contribution in [2.24, 2.45) is 0 Å². The van der Waals surface area contributed by atoms with Gasteiger partial charge in [-0.05, 0) is 16.8 Å². The summed E-state index contributed by atoms with van der Waals surface area (Å²) in [6.45, 7) is 0. The minimum atomic E-state index is -1.37. The van der Waals surface area contributed by atoms with E-state index in [1.165, 1.54) is 11.3 Å². The van der Waals surface area contributed by atoms with Crippen molar-refractivity contribution in [3.8, 4) is 6.07 Å². The van der Waals surface area contributed by atoms with Crippen molar-refractivity contribution < 1.29 is 10.2 Å². The summed E-state index contributed by atoms with van der Waals surface area (Å²) in [5, 5.41) is 30.1. The Kier molecular flexibility index (Phi) is 2.69. The van der Waals surface area contributed by atoms with E-state index in [1.54, 1.807) is 11.4 Å². The number of fused-ring (bicyclic) bond motifs is 1. The lowest BCUT2D eigenvalue weighted by Crippen LogP contribution is -2.15. The van der Waals surface area contributed by atoms with E-state index in [-0.39, 0.29) is 0 Å². The molecular formula is C11H9NO2S. The van der Waals surface area contributed by atoms with Crippen molar-refractivity contribution in [3.63, 3.8) is 0 Å². The van der Waals surface area contributed by atoms with Gasteiger partial charge in [0.15, 0.2) is 6.10 Å². The van der Waals surface area contributed by atoms with Crippen LogP contribution in [0, 0.1) is 11.3 Å². The molecule has 2 atom stereocenters. The van der Waals surface area contributed by atoms with Crippen molar-refractivity contribution >= 4 is 21.4 Å². The number of benzene rings is 1. The monoisotopic (exact) mass is 219 g/mol. The van der Waals surface area contributed by atoms with Crippen LogP contribution < -0.4 is 0 Å². The summed E-state index contributed by atoms with van der Waals surface area (Å²) >= 11 is 1.49. The molecule has 4 heteroatoms. The van der Waals surface area contributed by atoms with Gasteiger partial charge in [0.2, 0.25) is 0 Å². The quantitative estimate of drug-likeness (QED) is 0.757. The Morgan fingerprint density at radius 3 is 2.73 bits per heavy atom. The fourth-order valence-electron chi connectivity index (χ4n) is 1.47. The molecule has 0 aliphatic heterocycles. The number of aliphatic hydroxyl groups is 2. The smallest absolute Gasteiger partial charge is 0.170 e. The molecule has 1 heterocycles. The highest BCUT2D eigenvalue weighted by molar-refractivity contribution is 7.17. The molecule has 2 unspecified atom stereocenters. The van der Waals surface area contributed by atoms with Crippen LogP contribution in [0.5, 0.6) is 0 Å². The van der Waals surface area contributed by atoms with Crippen LogP contribution in [0.1, 0.15) is 11.7 Å². The molecule has 0 saturated heterocycles. The molecule has 2 N–H and O–H groups in total. The molecule has 0 saturated carbocycles. The third kappa shape index (κ3) is 1.73. The first-order valence-electron chi connectivity index (χ1n) is 4.46. The summed E-state index contributed by atoms with van der Waals surface area (Å²) in [5.41, 5.74) is 0.615. The van der Waals surface area contributed by atoms with E-state index >= 15 is 0 Å². The summed E-state index contributed by atoms with van der Waals surface area (Å²) in [4.78, 5) is 0. The predicted molar refractivity (Wildman–Crippen MR) is 58.4 cm³/mol. The molecule has 0 aliphatic rings. The zero-order chi connectivity index (χ0) is 10.8. The minimum Gasteiger partial charge on any atom is -0.384 e. The molecule has 2 aromatic rings. The van der Waals surface area contributed by atoms with Crippen LogP contribution in [0.25, 0.3) is 10.1 Å². The van der Waals surface area contributed by atoms with E-state index in [9.17, 15) is 10.2 Å². The molecule has 0 spiro atoms. The molecular weight excluding hydrogens is 210 g/mol. The fourth-order valence-corrected chi connectivity index (χ4v) is 2.46. The van der Waals surface area contributed by atoms with Crippen LogP contribution in [0.3, 0.4) is 0 Å². The maximum absolute atomic E-state index is 9.71. The molecule has 2 rings (SSSR count). The van der Waals surface area contributed by atoms with Crippen molar-refractivity contribution in [1.82, 2.24) is 0 Å². The lowest BCUT2D eigenvalue weighted by Gasteiger charge is -2.10. The number of hydrogen-bond acceptors (Lipinski definition) is 4. The number of rotatable bonds is 2. The molecule has 0 aliphatic carbocycles. The number of nitriles is 1. The Balaban J connectivity index is 2.49. The topological polar surface area (TPSA) is 64.2 Å². The summed E-state index contributed by atoms with van der Waals surface area (Å²) in [6.07, 6.45) is -2.51. The van der Waals surface area contributed by atoms with E-state index in [1.807, 2.05) is 24.3 Å². The Hall–Kier alpha value is -1.41. The van der Waals surface area contributed by atoms with Crippen molar-refractivity contribution in [2.75, 3.05) is 0 Å². The largest absolute Gasteiger partial charge is 0.384 e. The third-order valence-electron chi connectivity index (χ3n) is 2.26. The van der Waals surface area contributed by atoms with Gasteiger partial charge in [0.05, 0.1) is 6.07 Å². The number of hydrogen-bond donors (Lipinski definition) is 2. The second-order valence-corrected chi connectivity index (χ2v) is 4.12. The maximum atomic E-state index is 9.71. The standard InChI is InChI=1S/C11H9NO2S/c12-5-9(13)11(14)8-6-15-10-4-2-1-3-7(8)10/h1-4,6,9,11,13-14H. The third-order valence-corrected chi connectivity index (χ3v) is 3.24. The van der Waals surface area contributed by atoms with Gasteiger partial charge in [-0.1, -0.05) is 18.2 Å². The average Bonchev–Trinajstić information content (AvgIpc) is 2.70. The highest BCUT2D eigenvalue weighted by Crippen LogP contribution is 2.31. The van der Waals surface area contributed by atoms with Gasteiger partial charge >= 0.3 is 0 Å². The van der Waals surface area contributed by atoms with Crippen molar-refractivity contribution in [3.05, 3.63) is 35.2 Å².